The van der Waals surface area contributed by atoms with E-state index < -0.39 is 5.67 Å². The highest BCUT2D eigenvalue weighted by molar-refractivity contribution is 5.79. The monoisotopic (exact) mass is 353 g/mol. The van der Waals surface area contributed by atoms with Gasteiger partial charge in [0.1, 0.15) is 5.67 Å². The van der Waals surface area contributed by atoms with Crippen LogP contribution in [0.1, 0.15) is 52.4 Å². The summed E-state index contributed by atoms with van der Waals surface area (Å²) in [7, 11) is 0. The van der Waals surface area contributed by atoms with E-state index in [1.807, 2.05) is 21.6 Å². The van der Waals surface area contributed by atoms with Crippen molar-refractivity contribution in [3.05, 3.63) is 0 Å². The van der Waals surface area contributed by atoms with Crippen molar-refractivity contribution in [2.75, 3.05) is 45.8 Å². The smallest absolute Gasteiger partial charge is 0.236 e. The predicted molar refractivity (Wildman–Crippen MR) is 94.9 cm³/mol. The number of hydrogen-bond acceptors (Lipinski definition) is 3. The molecule has 2 saturated heterocycles. The molecule has 2 amide bonds. The van der Waals surface area contributed by atoms with E-state index in [-0.39, 0.29) is 17.2 Å². The van der Waals surface area contributed by atoms with Crippen LogP contribution < -0.4 is 0 Å². The van der Waals surface area contributed by atoms with Crippen molar-refractivity contribution in [3.8, 4) is 0 Å². The summed E-state index contributed by atoms with van der Waals surface area (Å²) in [6.45, 7) is 8.58. The first-order valence-electron chi connectivity index (χ1n) is 9.85. The second-order valence-corrected chi connectivity index (χ2v) is 8.33. The van der Waals surface area contributed by atoms with E-state index in [1.165, 1.54) is 0 Å². The van der Waals surface area contributed by atoms with Gasteiger partial charge in [0.2, 0.25) is 11.8 Å². The standard InChI is InChI=1S/C19H32FN3O2/c1-3-7-22-11-10-21(12-17(22)25)15-19(20)13-18(14-19)5-8-23(9-6-18)16(24)4-2/h3-15H2,1-2H3. The van der Waals surface area contributed by atoms with Crippen LogP contribution in [0.3, 0.4) is 0 Å². The van der Waals surface area contributed by atoms with Gasteiger partial charge in [-0.1, -0.05) is 13.8 Å². The Labute approximate surface area is 150 Å². The summed E-state index contributed by atoms with van der Waals surface area (Å²) in [5, 5.41) is 0. The molecular weight excluding hydrogens is 321 g/mol. The van der Waals surface area contributed by atoms with Crippen LogP contribution in [0.2, 0.25) is 0 Å². The first kappa shape index (κ1) is 18.6. The molecule has 3 rings (SSSR count). The summed E-state index contributed by atoms with van der Waals surface area (Å²) in [6, 6.07) is 0. The molecule has 6 heteroatoms. The Morgan fingerprint density at radius 2 is 1.80 bits per heavy atom. The lowest BCUT2D eigenvalue weighted by Crippen LogP contribution is -2.61. The first-order valence-corrected chi connectivity index (χ1v) is 9.85. The number of amides is 2. The molecule has 142 valence electrons. The molecule has 3 fully saturated rings. The molecule has 0 aromatic heterocycles. The van der Waals surface area contributed by atoms with Crippen LogP contribution in [0.15, 0.2) is 0 Å². The Bertz CT molecular complexity index is 509. The van der Waals surface area contributed by atoms with Gasteiger partial charge in [0.05, 0.1) is 6.54 Å². The van der Waals surface area contributed by atoms with Gasteiger partial charge >= 0.3 is 0 Å². The average Bonchev–Trinajstić information content (AvgIpc) is 2.56. The SMILES string of the molecule is CCCN1CCN(CC2(F)CC3(CCN(C(=O)CC)CC3)C2)CC1=O. The number of carbonyl (C=O) groups excluding carboxylic acids is 2. The summed E-state index contributed by atoms with van der Waals surface area (Å²) < 4.78 is 15.2. The van der Waals surface area contributed by atoms with Crippen molar-refractivity contribution in [1.82, 2.24) is 14.7 Å². The number of halogens is 1. The molecule has 0 aromatic rings. The maximum atomic E-state index is 15.2. The minimum atomic E-state index is -1.15. The third-order valence-electron chi connectivity index (χ3n) is 6.26. The summed E-state index contributed by atoms with van der Waals surface area (Å²) in [5.74, 6) is 0.348. The molecule has 1 aliphatic carbocycles. The topological polar surface area (TPSA) is 43.9 Å². The zero-order valence-corrected chi connectivity index (χ0v) is 15.7. The Morgan fingerprint density at radius 1 is 1.12 bits per heavy atom. The molecule has 1 spiro atoms. The van der Waals surface area contributed by atoms with Gasteiger partial charge in [0.15, 0.2) is 0 Å². The number of hydrogen-bond donors (Lipinski definition) is 0. The van der Waals surface area contributed by atoms with E-state index in [0.29, 0.717) is 32.4 Å². The summed E-state index contributed by atoms with van der Waals surface area (Å²) in [6.07, 6.45) is 4.56. The molecule has 3 aliphatic rings. The third kappa shape index (κ3) is 3.99. The fourth-order valence-electron chi connectivity index (χ4n) is 5.01. The van der Waals surface area contributed by atoms with E-state index in [9.17, 15) is 9.59 Å². The van der Waals surface area contributed by atoms with Crippen LogP contribution in [0.4, 0.5) is 4.39 Å². The number of likely N-dealkylation sites (tertiary alicyclic amines) is 1. The molecular formula is C19H32FN3O2. The fourth-order valence-corrected chi connectivity index (χ4v) is 5.01. The quantitative estimate of drug-likeness (QED) is 0.760. The summed E-state index contributed by atoms with van der Waals surface area (Å²) in [4.78, 5) is 29.7. The van der Waals surface area contributed by atoms with Crippen LogP contribution in [0.5, 0.6) is 0 Å². The zero-order chi connectivity index (χ0) is 18.1. The molecule has 0 radical (unpaired) electrons. The van der Waals surface area contributed by atoms with Crippen molar-refractivity contribution in [2.45, 2.75) is 58.0 Å². The lowest BCUT2D eigenvalue weighted by atomic mass is 9.55. The van der Waals surface area contributed by atoms with Crippen molar-refractivity contribution < 1.29 is 14.0 Å². The van der Waals surface area contributed by atoms with Gasteiger partial charge in [-0.15, -0.1) is 0 Å². The highest BCUT2D eigenvalue weighted by Gasteiger charge is 2.56. The lowest BCUT2D eigenvalue weighted by molar-refractivity contribution is -0.145. The van der Waals surface area contributed by atoms with Gasteiger partial charge in [0.25, 0.3) is 0 Å². The molecule has 2 heterocycles. The van der Waals surface area contributed by atoms with E-state index >= 15 is 4.39 Å². The van der Waals surface area contributed by atoms with E-state index in [2.05, 4.69) is 6.92 Å². The number of piperidine rings is 1. The van der Waals surface area contributed by atoms with Gasteiger partial charge in [-0.2, -0.15) is 0 Å². The average molecular weight is 353 g/mol. The summed E-state index contributed by atoms with van der Waals surface area (Å²) in [5.41, 5.74) is -1.06. The van der Waals surface area contributed by atoms with Crippen molar-refractivity contribution in [2.24, 2.45) is 5.41 Å². The number of nitrogens with zero attached hydrogens (tertiary/aromatic N) is 3. The number of rotatable bonds is 5. The van der Waals surface area contributed by atoms with Crippen LogP contribution in [-0.2, 0) is 9.59 Å². The molecule has 0 bridgehead atoms. The Morgan fingerprint density at radius 3 is 2.36 bits per heavy atom. The Hall–Kier alpha value is -1.17. The molecule has 1 saturated carbocycles. The van der Waals surface area contributed by atoms with Gasteiger partial charge in [-0.3, -0.25) is 14.5 Å². The molecule has 0 unspecified atom stereocenters. The predicted octanol–water partition coefficient (Wildman–Crippen LogP) is 2.06. The third-order valence-corrected chi connectivity index (χ3v) is 6.26. The minimum absolute atomic E-state index is 0.0906. The van der Waals surface area contributed by atoms with E-state index in [0.717, 1.165) is 52.0 Å². The molecule has 0 aromatic carbocycles. The molecule has 25 heavy (non-hydrogen) atoms. The van der Waals surface area contributed by atoms with Crippen molar-refractivity contribution in [1.29, 1.82) is 0 Å². The largest absolute Gasteiger partial charge is 0.343 e. The number of carbonyl (C=O) groups is 2. The normalized spacial score (nSPS) is 26.0. The molecule has 0 atom stereocenters. The minimum Gasteiger partial charge on any atom is -0.343 e. The van der Waals surface area contributed by atoms with Crippen LogP contribution in [0.25, 0.3) is 0 Å². The first-order chi connectivity index (χ1) is 11.9. The molecule has 0 N–H and O–H groups in total. The van der Waals surface area contributed by atoms with Gasteiger partial charge in [-0.05, 0) is 37.5 Å². The molecule has 5 nitrogen and oxygen atoms in total. The second kappa shape index (κ2) is 7.22. The number of piperazine rings is 1. The van der Waals surface area contributed by atoms with Gasteiger partial charge < -0.3 is 9.80 Å². The van der Waals surface area contributed by atoms with Crippen LogP contribution in [-0.4, -0.2) is 78.0 Å². The van der Waals surface area contributed by atoms with E-state index in [1.54, 1.807) is 0 Å². The van der Waals surface area contributed by atoms with Crippen LogP contribution >= 0.6 is 0 Å². The Kier molecular flexibility index (Phi) is 5.37. The van der Waals surface area contributed by atoms with Crippen molar-refractivity contribution in [3.63, 3.8) is 0 Å². The highest BCUT2D eigenvalue weighted by atomic mass is 19.1. The second-order valence-electron chi connectivity index (χ2n) is 8.33. The van der Waals surface area contributed by atoms with Gasteiger partial charge in [-0.25, -0.2) is 4.39 Å². The Balaban J connectivity index is 1.46. The molecule has 2 aliphatic heterocycles. The van der Waals surface area contributed by atoms with Crippen LogP contribution in [0, 0.1) is 5.41 Å². The van der Waals surface area contributed by atoms with E-state index in [4.69, 9.17) is 0 Å². The maximum Gasteiger partial charge on any atom is 0.236 e. The lowest BCUT2D eigenvalue weighted by Gasteiger charge is -2.56. The zero-order valence-electron chi connectivity index (χ0n) is 15.7. The van der Waals surface area contributed by atoms with Crippen molar-refractivity contribution >= 4 is 11.8 Å². The maximum absolute atomic E-state index is 15.2. The summed E-state index contributed by atoms with van der Waals surface area (Å²) >= 11 is 0. The highest BCUT2D eigenvalue weighted by Crippen LogP contribution is 2.56. The fraction of sp³-hybridized carbons (Fsp3) is 0.895. The number of alkyl halides is 1. The van der Waals surface area contributed by atoms with Gasteiger partial charge in [0, 0.05) is 45.7 Å².